The predicted octanol–water partition coefficient (Wildman–Crippen LogP) is 3.05. The van der Waals surface area contributed by atoms with E-state index in [0.29, 0.717) is 34.4 Å². The Hall–Kier alpha value is -2.50. The third-order valence-electron chi connectivity index (χ3n) is 5.23. The third kappa shape index (κ3) is 3.04. The number of hydrogen-bond donors (Lipinski definition) is 0. The Balaban J connectivity index is 2.24. The molecule has 1 saturated heterocycles. The van der Waals surface area contributed by atoms with Crippen molar-refractivity contribution in [3.63, 3.8) is 0 Å². The minimum Gasteiger partial charge on any atom is -0.493 e. The number of hydrogen-bond acceptors (Lipinski definition) is 4. The molecular formula is C20H26N2O4. The molecular weight excluding hydrogens is 332 g/mol. The maximum atomic E-state index is 13.3. The van der Waals surface area contributed by atoms with Crippen LogP contribution in [0.3, 0.4) is 0 Å². The quantitative estimate of drug-likeness (QED) is 0.843. The molecule has 6 nitrogen and oxygen atoms in total. The summed E-state index contributed by atoms with van der Waals surface area (Å²) in [6.07, 6.45) is 4.85. The number of aryl methyl sites for hydroxylation is 1. The van der Waals surface area contributed by atoms with Crippen molar-refractivity contribution in [1.82, 2.24) is 9.47 Å². The standard InChI is InChI=1S/C20H26N2O4/c1-5-21-12-16(20(24)22-9-7-6-8-13(22)2)14-10-17(25-3)18(26-4)11-15(14)19(21)23/h10-13H,5-9H2,1-4H3/t13-/m0/s1. The first-order valence-corrected chi connectivity index (χ1v) is 9.12. The highest BCUT2D eigenvalue weighted by Crippen LogP contribution is 2.33. The van der Waals surface area contributed by atoms with E-state index in [1.807, 2.05) is 11.8 Å². The zero-order valence-corrected chi connectivity index (χ0v) is 15.9. The van der Waals surface area contributed by atoms with Gasteiger partial charge < -0.3 is 18.9 Å². The minimum absolute atomic E-state index is 0.0309. The summed E-state index contributed by atoms with van der Waals surface area (Å²) in [5.41, 5.74) is 0.405. The van der Waals surface area contributed by atoms with Gasteiger partial charge in [0, 0.05) is 30.7 Å². The largest absolute Gasteiger partial charge is 0.493 e. The monoisotopic (exact) mass is 358 g/mol. The number of nitrogens with zero attached hydrogens (tertiary/aromatic N) is 2. The lowest BCUT2D eigenvalue weighted by molar-refractivity contribution is 0.0637. The molecule has 1 aromatic carbocycles. The normalized spacial score (nSPS) is 17.4. The maximum Gasteiger partial charge on any atom is 0.258 e. The van der Waals surface area contributed by atoms with Crippen LogP contribution in [0, 0.1) is 0 Å². The number of carbonyl (C=O) groups excluding carboxylic acids is 1. The Labute approximate surface area is 153 Å². The molecule has 2 aromatic rings. The molecule has 140 valence electrons. The SMILES string of the molecule is CCn1cc(C(=O)N2CCCC[C@@H]2C)c2cc(OC)c(OC)cc2c1=O. The van der Waals surface area contributed by atoms with Crippen molar-refractivity contribution in [3.8, 4) is 11.5 Å². The Morgan fingerprint density at radius 2 is 1.81 bits per heavy atom. The fourth-order valence-electron chi connectivity index (χ4n) is 3.68. The summed E-state index contributed by atoms with van der Waals surface area (Å²) in [4.78, 5) is 28.0. The number of amides is 1. The predicted molar refractivity (Wildman–Crippen MR) is 101 cm³/mol. The van der Waals surface area contributed by atoms with Crippen LogP contribution in [-0.2, 0) is 6.54 Å². The van der Waals surface area contributed by atoms with Crippen molar-refractivity contribution >= 4 is 16.7 Å². The lowest BCUT2D eigenvalue weighted by Gasteiger charge is -2.33. The molecule has 1 amide bonds. The van der Waals surface area contributed by atoms with Crippen LogP contribution in [0.15, 0.2) is 23.1 Å². The summed E-state index contributed by atoms with van der Waals surface area (Å²) in [7, 11) is 3.08. The van der Waals surface area contributed by atoms with Crippen molar-refractivity contribution in [2.24, 2.45) is 0 Å². The van der Waals surface area contributed by atoms with Gasteiger partial charge in [0.05, 0.1) is 25.2 Å². The van der Waals surface area contributed by atoms with Gasteiger partial charge in [0.25, 0.3) is 11.5 Å². The summed E-state index contributed by atoms with van der Waals surface area (Å²) in [6.45, 7) is 5.23. The topological polar surface area (TPSA) is 60.8 Å². The smallest absolute Gasteiger partial charge is 0.258 e. The van der Waals surface area contributed by atoms with Crippen LogP contribution >= 0.6 is 0 Å². The second kappa shape index (κ2) is 7.40. The van der Waals surface area contributed by atoms with Gasteiger partial charge in [-0.1, -0.05) is 0 Å². The molecule has 0 N–H and O–H groups in total. The number of piperidine rings is 1. The van der Waals surface area contributed by atoms with E-state index in [0.717, 1.165) is 25.8 Å². The van der Waals surface area contributed by atoms with Crippen LogP contribution < -0.4 is 15.0 Å². The van der Waals surface area contributed by atoms with Gasteiger partial charge in [-0.05, 0) is 45.2 Å². The van der Waals surface area contributed by atoms with Gasteiger partial charge in [0.2, 0.25) is 0 Å². The van der Waals surface area contributed by atoms with Crippen molar-refractivity contribution in [3.05, 3.63) is 34.2 Å². The van der Waals surface area contributed by atoms with E-state index in [4.69, 9.17) is 9.47 Å². The number of benzene rings is 1. The van der Waals surface area contributed by atoms with Gasteiger partial charge in [-0.15, -0.1) is 0 Å². The summed E-state index contributed by atoms with van der Waals surface area (Å²) in [6, 6.07) is 3.60. The Kier molecular flexibility index (Phi) is 5.20. The van der Waals surface area contributed by atoms with E-state index in [1.165, 1.54) is 7.11 Å². The molecule has 1 aromatic heterocycles. The van der Waals surface area contributed by atoms with Crippen LogP contribution in [-0.4, -0.2) is 42.2 Å². The number of carbonyl (C=O) groups is 1. The van der Waals surface area contributed by atoms with Crippen LogP contribution in [0.1, 0.15) is 43.5 Å². The van der Waals surface area contributed by atoms with E-state index in [2.05, 4.69) is 6.92 Å². The summed E-state index contributed by atoms with van der Waals surface area (Å²) in [5.74, 6) is 0.960. The number of pyridine rings is 1. The van der Waals surface area contributed by atoms with E-state index >= 15 is 0 Å². The molecule has 2 heterocycles. The summed E-state index contributed by atoms with van der Waals surface area (Å²) in [5, 5.41) is 1.08. The molecule has 3 rings (SSSR count). The Bertz CT molecular complexity index is 887. The minimum atomic E-state index is -0.133. The van der Waals surface area contributed by atoms with E-state index < -0.39 is 0 Å². The molecule has 0 saturated carbocycles. The molecule has 1 fully saturated rings. The molecule has 0 bridgehead atoms. The molecule has 0 aliphatic carbocycles. The van der Waals surface area contributed by atoms with Crippen molar-refractivity contribution in [1.29, 1.82) is 0 Å². The van der Waals surface area contributed by atoms with Crippen LogP contribution in [0.4, 0.5) is 0 Å². The van der Waals surface area contributed by atoms with Gasteiger partial charge in [0.15, 0.2) is 11.5 Å². The number of aromatic nitrogens is 1. The number of methoxy groups -OCH3 is 2. The van der Waals surface area contributed by atoms with Gasteiger partial charge >= 0.3 is 0 Å². The molecule has 1 atom stereocenters. The zero-order valence-electron chi connectivity index (χ0n) is 15.9. The summed E-state index contributed by atoms with van der Waals surface area (Å²) < 4.78 is 12.3. The van der Waals surface area contributed by atoms with Gasteiger partial charge in [-0.3, -0.25) is 9.59 Å². The average Bonchev–Trinajstić information content (AvgIpc) is 2.67. The van der Waals surface area contributed by atoms with Crippen LogP contribution in [0.25, 0.3) is 10.8 Å². The van der Waals surface area contributed by atoms with Gasteiger partial charge in [-0.25, -0.2) is 0 Å². The van der Waals surface area contributed by atoms with Crippen molar-refractivity contribution in [2.75, 3.05) is 20.8 Å². The van der Waals surface area contributed by atoms with Gasteiger partial charge in [-0.2, -0.15) is 0 Å². The fraction of sp³-hybridized carbons (Fsp3) is 0.500. The van der Waals surface area contributed by atoms with E-state index in [-0.39, 0.29) is 17.5 Å². The first kappa shape index (κ1) is 18.3. The number of fused-ring (bicyclic) bond motifs is 1. The maximum absolute atomic E-state index is 13.3. The highest BCUT2D eigenvalue weighted by molar-refractivity contribution is 6.07. The number of likely N-dealkylation sites (tertiary alicyclic amines) is 1. The Morgan fingerprint density at radius 3 is 2.38 bits per heavy atom. The Morgan fingerprint density at radius 1 is 1.15 bits per heavy atom. The fourth-order valence-corrected chi connectivity index (χ4v) is 3.68. The summed E-state index contributed by atoms with van der Waals surface area (Å²) >= 11 is 0. The highest BCUT2D eigenvalue weighted by atomic mass is 16.5. The van der Waals surface area contributed by atoms with Crippen LogP contribution in [0.5, 0.6) is 11.5 Å². The van der Waals surface area contributed by atoms with Crippen LogP contribution in [0.2, 0.25) is 0 Å². The molecule has 0 spiro atoms. The number of rotatable bonds is 4. The lowest BCUT2D eigenvalue weighted by atomic mass is 10.00. The number of ether oxygens (including phenoxy) is 2. The molecule has 0 radical (unpaired) electrons. The third-order valence-corrected chi connectivity index (χ3v) is 5.23. The first-order chi connectivity index (χ1) is 12.5. The molecule has 6 heteroatoms. The average molecular weight is 358 g/mol. The van der Waals surface area contributed by atoms with Crippen molar-refractivity contribution < 1.29 is 14.3 Å². The molecule has 1 aliphatic heterocycles. The molecule has 1 aliphatic rings. The van der Waals surface area contributed by atoms with E-state index in [9.17, 15) is 9.59 Å². The zero-order chi connectivity index (χ0) is 18.8. The highest BCUT2D eigenvalue weighted by Gasteiger charge is 2.27. The van der Waals surface area contributed by atoms with Crippen molar-refractivity contribution in [2.45, 2.75) is 45.7 Å². The molecule has 0 unspecified atom stereocenters. The second-order valence-corrected chi connectivity index (χ2v) is 6.73. The lowest BCUT2D eigenvalue weighted by Crippen LogP contribution is -2.42. The second-order valence-electron chi connectivity index (χ2n) is 6.73. The van der Waals surface area contributed by atoms with E-state index in [1.54, 1.807) is 30.0 Å². The van der Waals surface area contributed by atoms with Gasteiger partial charge in [0.1, 0.15) is 0 Å². The molecule has 26 heavy (non-hydrogen) atoms. The first-order valence-electron chi connectivity index (χ1n) is 9.12.